The summed E-state index contributed by atoms with van der Waals surface area (Å²) in [6, 6.07) is 14.0. The number of hydrogen-bond donors (Lipinski definition) is 4. The third-order valence-electron chi connectivity index (χ3n) is 4.26. The number of carbonyl (C=O) groups excluding carboxylic acids is 1. The molecule has 0 atom stereocenters. The molecule has 0 aliphatic rings. The highest BCUT2D eigenvalue weighted by molar-refractivity contribution is 6.01. The molecule has 162 valence electrons. The van der Waals surface area contributed by atoms with Gasteiger partial charge in [-0.2, -0.15) is 4.98 Å². The Morgan fingerprint density at radius 1 is 0.968 bits per heavy atom. The molecule has 3 aromatic rings. The summed E-state index contributed by atoms with van der Waals surface area (Å²) >= 11 is 0. The predicted octanol–water partition coefficient (Wildman–Crippen LogP) is 4.62. The van der Waals surface area contributed by atoms with E-state index >= 15 is 0 Å². The summed E-state index contributed by atoms with van der Waals surface area (Å²) in [5, 5.41) is 11.9. The van der Waals surface area contributed by atoms with Crippen LogP contribution in [0.5, 0.6) is 11.5 Å². The van der Waals surface area contributed by atoms with Gasteiger partial charge in [-0.15, -0.1) is 0 Å². The molecule has 0 aliphatic heterocycles. The molecule has 0 radical (unpaired) electrons. The molecule has 2 aromatic carbocycles. The fourth-order valence-corrected chi connectivity index (χ4v) is 2.92. The first kappa shape index (κ1) is 21.7. The van der Waals surface area contributed by atoms with Crippen molar-refractivity contribution in [2.75, 3.05) is 42.0 Å². The van der Waals surface area contributed by atoms with Crippen LogP contribution < -0.4 is 30.7 Å². The van der Waals surface area contributed by atoms with Crippen molar-refractivity contribution in [2.24, 2.45) is 0 Å². The molecule has 9 nitrogen and oxygen atoms in total. The SMILES string of the molecule is CCNc1nc(C)cc(Nc2ccc(NC(=O)Nc3cccc(OC)c3OC)cc2)n1. The maximum atomic E-state index is 12.4. The van der Waals surface area contributed by atoms with Gasteiger partial charge < -0.3 is 30.7 Å². The molecule has 0 saturated heterocycles. The number of para-hydroxylation sites is 1. The number of methoxy groups -OCH3 is 2. The number of aryl methyl sites for hydroxylation is 1. The molecule has 0 fully saturated rings. The third-order valence-corrected chi connectivity index (χ3v) is 4.26. The Kier molecular flexibility index (Phi) is 7.10. The topological polar surface area (TPSA) is 109 Å². The number of nitrogens with one attached hydrogen (secondary N) is 4. The van der Waals surface area contributed by atoms with Crippen molar-refractivity contribution in [3.63, 3.8) is 0 Å². The van der Waals surface area contributed by atoms with Crippen molar-refractivity contribution in [1.82, 2.24) is 9.97 Å². The van der Waals surface area contributed by atoms with E-state index in [4.69, 9.17) is 9.47 Å². The normalized spacial score (nSPS) is 10.2. The zero-order valence-electron chi connectivity index (χ0n) is 17.9. The lowest BCUT2D eigenvalue weighted by atomic mass is 10.2. The Balaban J connectivity index is 1.64. The zero-order chi connectivity index (χ0) is 22.2. The van der Waals surface area contributed by atoms with E-state index in [-0.39, 0.29) is 0 Å². The number of hydrogen-bond acceptors (Lipinski definition) is 7. The first-order chi connectivity index (χ1) is 15.0. The number of carbonyl (C=O) groups is 1. The van der Waals surface area contributed by atoms with Crippen LogP contribution in [-0.4, -0.2) is 36.8 Å². The minimum absolute atomic E-state index is 0.394. The second kappa shape index (κ2) is 10.1. The van der Waals surface area contributed by atoms with E-state index in [1.165, 1.54) is 7.11 Å². The minimum atomic E-state index is -0.394. The second-order valence-electron chi connectivity index (χ2n) is 6.57. The summed E-state index contributed by atoms with van der Waals surface area (Å²) in [6.45, 7) is 4.65. The quantitative estimate of drug-likeness (QED) is 0.419. The van der Waals surface area contributed by atoms with E-state index in [0.717, 1.165) is 17.9 Å². The molecule has 0 unspecified atom stereocenters. The summed E-state index contributed by atoms with van der Waals surface area (Å²) in [5.41, 5.74) is 2.84. The smallest absolute Gasteiger partial charge is 0.323 e. The summed E-state index contributed by atoms with van der Waals surface area (Å²) in [5.74, 6) is 2.25. The van der Waals surface area contributed by atoms with Crippen LogP contribution in [0.4, 0.5) is 33.6 Å². The van der Waals surface area contributed by atoms with Crippen molar-refractivity contribution in [3.05, 3.63) is 54.2 Å². The Morgan fingerprint density at radius 3 is 2.39 bits per heavy atom. The maximum Gasteiger partial charge on any atom is 0.323 e. The van der Waals surface area contributed by atoms with E-state index in [1.54, 1.807) is 37.4 Å². The Morgan fingerprint density at radius 2 is 1.71 bits per heavy atom. The van der Waals surface area contributed by atoms with Crippen molar-refractivity contribution >= 4 is 34.9 Å². The highest BCUT2D eigenvalue weighted by atomic mass is 16.5. The van der Waals surface area contributed by atoms with Crippen molar-refractivity contribution in [1.29, 1.82) is 0 Å². The van der Waals surface area contributed by atoms with Crippen LogP contribution in [0.2, 0.25) is 0 Å². The van der Waals surface area contributed by atoms with Crippen LogP contribution in [0.25, 0.3) is 0 Å². The first-order valence-electron chi connectivity index (χ1n) is 9.78. The molecule has 1 aromatic heterocycles. The molecule has 0 bridgehead atoms. The number of benzene rings is 2. The van der Waals surface area contributed by atoms with Gasteiger partial charge in [-0.1, -0.05) is 6.07 Å². The number of aromatic nitrogens is 2. The third kappa shape index (κ3) is 5.75. The highest BCUT2D eigenvalue weighted by Gasteiger charge is 2.12. The van der Waals surface area contributed by atoms with E-state index in [0.29, 0.717) is 34.6 Å². The molecule has 4 N–H and O–H groups in total. The van der Waals surface area contributed by atoms with Gasteiger partial charge in [-0.25, -0.2) is 9.78 Å². The summed E-state index contributed by atoms with van der Waals surface area (Å²) in [6.07, 6.45) is 0. The molecule has 0 saturated carbocycles. The summed E-state index contributed by atoms with van der Waals surface area (Å²) in [7, 11) is 3.06. The van der Waals surface area contributed by atoms with Gasteiger partial charge in [0.05, 0.1) is 19.9 Å². The Bertz CT molecular complexity index is 1040. The molecule has 31 heavy (non-hydrogen) atoms. The van der Waals surface area contributed by atoms with Crippen LogP contribution in [-0.2, 0) is 0 Å². The predicted molar refractivity (Wildman–Crippen MR) is 123 cm³/mol. The molecule has 1 heterocycles. The van der Waals surface area contributed by atoms with E-state index in [1.807, 2.05) is 32.0 Å². The van der Waals surface area contributed by atoms with Gasteiger partial charge >= 0.3 is 6.03 Å². The number of nitrogens with zero attached hydrogens (tertiary/aromatic N) is 2. The molecule has 9 heteroatoms. The first-order valence-corrected chi connectivity index (χ1v) is 9.78. The maximum absolute atomic E-state index is 12.4. The lowest BCUT2D eigenvalue weighted by Gasteiger charge is -2.14. The van der Waals surface area contributed by atoms with Crippen LogP contribution in [0.15, 0.2) is 48.5 Å². The van der Waals surface area contributed by atoms with Crippen LogP contribution >= 0.6 is 0 Å². The number of urea groups is 1. The van der Waals surface area contributed by atoms with Gasteiger partial charge in [0, 0.05) is 29.7 Å². The lowest BCUT2D eigenvalue weighted by Crippen LogP contribution is -2.19. The van der Waals surface area contributed by atoms with Gasteiger partial charge in [-0.05, 0) is 50.2 Å². The van der Waals surface area contributed by atoms with Gasteiger partial charge in [0.25, 0.3) is 0 Å². The molecule has 2 amide bonds. The molecule has 0 spiro atoms. The van der Waals surface area contributed by atoms with Crippen molar-refractivity contribution in [2.45, 2.75) is 13.8 Å². The lowest BCUT2D eigenvalue weighted by molar-refractivity contribution is 0.262. The fourth-order valence-electron chi connectivity index (χ4n) is 2.92. The fraction of sp³-hybridized carbons (Fsp3) is 0.227. The summed E-state index contributed by atoms with van der Waals surface area (Å²) in [4.78, 5) is 21.2. The van der Waals surface area contributed by atoms with Crippen molar-refractivity contribution in [3.8, 4) is 11.5 Å². The largest absolute Gasteiger partial charge is 0.493 e. The monoisotopic (exact) mass is 422 g/mol. The molecular formula is C22H26N6O3. The average Bonchev–Trinajstić information content (AvgIpc) is 2.74. The van der Waals surface area contributed by atoms with Gasteiger partial charge in [0.1, 0.15) is 5.82 Å². The Hall–Kier alpha value is -4.01. The molecular weight excluding hydrogens is 396 g/mol. The number of amides is 2. The average molecular weight is 422 g/mol. The second-order valence-corrected chi connectivity index (χ2v) is 6.57. The van der Waals surface area contributed by atoms with Gasteiger partial charge in [-0.3, -0.25) is 0 Å². The van der Waals surface area contributed by atoms with Gasteiger partial charge in [0.15, 0.2) is 11.5 Å². The van der Waals surface area contributed by atoms with Crippen LogP contribution in [0, 0.1) is 6.92 Å². The van der Waals surface area contributed by atoms with Crippen LogP contribution in [0.3, 0.4) is 0 Å². The minimum Gasteiger partial charge on any atom is -0.493 e. The zero-order valence-corrected chi connectivity index (χ0v) is 17.9. The Labute approximate surface area is 181 Å². The molecule has 3 rings (SSSR count). The van der Waals surface area contributed by atoms with E-state index in [9.17, 15) is 4.79 Å². The highest BCUT2D eigenvalue weighted by Crippen LogP contribution is 2.34. The van der Waals surface area contributed by atoms with Gasteiger partial charge in [0.2, 0.25) is 5.95 Å². The van der Waals surface area contributed by atoms with E-state index < -0.39 is 6.03 Å². The number of rotatable bonds is 8. The van der Waals surface area contributed by atoms with Crippen molar-refractivity contribution < 1.29 is 14.3 Å². The summed E-state index contributed by atoms with van der Waals surface area (Å²) < 4.78 is 10.6. The van der Waals surface area contributed by atoms with Crippen LogP contribution in [0.1, 0.15) is 12.6 Å². The van der Waals surface area contributed by atoms with E-state index in [2.05, 4.69) is 31.2 Å². The molecule has 0 aliphatic carbocycles. The standard InChI is InChI=1S/C22H26N6O3/c1-5-23-21-24-14(2)13-19(28-21)25-15-9-11-16(12-10-15)26-22(29)27-17-7-6-8-18(30-3)20(17)31-4/h6-13H,5H2,1-4H3,(H2,26,27,29)(H2,23,24,25,28). The number of ether oxygens (including phenoxy) is 2. The number of anilines is 5.